The van der Waals surface area contributed by atoms with Gasteiger partial charge in [0.2, 0.25) is 0 Å². The van der Waals surface area contributed by atoms with E-state index in [0.29, 0.717) is 12.0 Å². The standard InChI is InChI=1S/C20H34N4O2/c1-16(2)19(24-11-13-26-14-12-24)15-23-20(21-3)22-10-9-17-5-7-18(25-4)8-6-17/h5-8,16,19H,9-15H2,1-4H3,(H2,21,22,23). The molecule has 146 valence electrons. The Morgan fingerprint density at radius 1 is 1.19 bits per heavy atom. The van der Waals surface area contributed by atoms with Crippen LogP contribution in [0.1, 0.15) is 19.4 Å². The fourth-order valence-corrected chi connectivity index (χ4v) is 3.23. The van der Waals surface area contributed by atoms with Crippen LogP contribution in [-0.4, -0.2) is 70.5 Å². The molecule has 2 rings (SSSR count). The third-order valence-corrected chi connectivity index (χ3v) is 4.85. The summed E-state index contributed by atoms with van der Waals surface area (Å²) in [6.07, 6.45) is 0.946. The number of nitrogens with zero attached hydrogens (tertiary/aromatic N) is 2. The van der Waals surface area contributed by atoms with Crippen molar-refractivity contribution in [1.29, 1.82) is 0 Å². The molecule has 1 atom stereocenters. The highest BCUT2D eigenvalue weighted by Gasteiger charge is 2.23. The maximum absolute atomic E-state index is 5.48. The van der Waals surface area contributed by atoms with Gasteiger partial charge in [-0.3, -0.25) is 9.89 Å². The summed E-state index contributed by atoms with van der Waals surface area (Å²) in [6.45, 7) is 9.97. The van der Waals surface area contributed by atoms with E-state index in [2.05, 4.69) is 46.5 Å². The predicted molar refractivity (Wildman–Crippen MR) is 107 cm³/mol. The highest BCUT2D eigenvalue weighted by Crippen LogP contribution is 2.12. The minimum Gasteiger partial charge on any atom is -0.497 e. The monoisotopic (exact) mass is 362 g/mol. The van der Waals surface area contributed by atoms with Crippen LogP contribution in [-0.2, 0) is 11.2 Å². The second-order valence-corrected chi connectivity index (χ2v) is 6.94. The van der Waals surface area contributed by atoms with E-state index in [1.165, 1.54) is 5.56 Å². The lowest BCUT2D eigenvalue weighted by molar-refractivity contribution is 0.00752. The van der Waals surface area contributed by atoms with Crippen molar-refractivity contribution < 1.29 is 9.47 Å². The maximum atomic E-state index is 5.48. The molecule has 6 heteroatoms. The molecule has 1 aromatic rings. The van der Waals surface area contributed by atoms with Gasteiger partial charge in [-0.1, -0.05) is 26.0 Å². The highest BCUT2D eigenvalue weighted by molar-refractivity contribution is 5.79. The molecule has 1 aliphatic heterocycles. The molecule has 0 spiro atoms. The Morgan fingerprint density at radius 3 is 2.46 bits per heavy atom. The SMILES string of the molecule is CN=C(NCCc1ccc(OC)cc1)NCC(C(C)C)N1CCOCC1. The summed E-state index contributed by atoms with van der Waals surface area (Å²) in [6, 6.07) is 8.68. The van der Waals surface area contributed by atoms with Crippen LogP contribution in [0.4, 0.5) is 0 Å². The van der Waals surface area contributed by atoms with Gasteiger partial charge in [-0.2, -0.15) is 0 Å². The number of methoxy groups -OCH3 is 1. The summed E-state index contributed by atoms with van der Waals surface area (Å²) in [5.41, 5.74) is 1.28. The first-order valence-electron chi connectivity index (χ1n) is 9.53. The predicted octanol–water partition coefficient (Wildman–Crippen LogP) is 1.76. The first-order chi connectivity index (χ1) is 12.6. The Morgan fingerprint density at radius 2 is 1.88 bits per heavy atom. The molecule has 0 aromatic heterocycles. The quantitative estimate of drug-likeness (QED) is 0.545. The zero-order chi connectivity index (χ0) is 18.8. The topological polar surface area (TPSA) is 58.1 Å². The van der Waals surface area contributed by atoms with Crippen molar-refractivity contribution in [2.75, 3.05) is 53.6 Å². The molecule has 1 fully saturated rings. The Bertz CT molecular complexity index is 539. The van der Waals surface area contributed by atoms with E-state index in [4.69, 9.17) is 9.47 Å². The number of aliphatic imine (C=N–C) groups is 1. The van der Waals surface area contributed by atoms with Gasteiger partial charge >= 0.3 is 0 Å². The molecule has 0 saturated carbocycles. The average molecular weight is 363 g/mol. The number of nitrogens with one attached hydrogen (secondary N) is 2. The summed E-state index contributed by atoms with van der Waals surface area (Å²) in [4.78, 5) is 6.87. The van der Waals surface area contributed by atoms with Crippen molar-refractivity contribution in [2.24, 2.45) is 10.9 Å². The molecule has 1 unspecified atom stereocenters. The minimum absolute atomic E-state index is 0.485. The molecule has 1 saturated heterocycles. The van der Waals surface area contributed by atoms with Crippen molar-refractivity contribution in [2.45, 2.75) is 26.3 Å². The number of morpholine rings is 1. The lowest BCUT2D eigenvalue weighted by Gasteiger charge is -2.37. The summed E-state index contributed by atoms with van der Waals surface area (Å²) >= 11 is 0. The number of hydrogen-bond donors (Lipinski definition) is 2. The fourth-order valence-electron chi connectivity index (χ4n) is 3.23. The van der Waals surface area contributed by atoms with E-state index in [0.717, 1.165) is 57.5 Å². The third kappa shape index (κ3) is 6.50. The van der Waals surface area contributed by atoms with Gasteiger partial charge in [-0.05, 0) is 30.0 Å². The summed E-state index contributed by atoms with van der Waals surface area (Å²) < 4.78 is 10.7. The van der Waals surface area contributed by atoms with Crippen LogP contribution in [0.15, 0.2) is 29.3 Å². The zero-order valence-electron chi connectivity index (χ0n) is 16.6. The van der Waals surface area contributed by atoms with E-state index in [1.54, 1.807) is 7.11 Å². The Kier molecular flexibility index (Phi) is 8.71. The van der Waals surface area contributed by atoms with E-state index < -0.39 is 0 Å². The van der Waals surface area contributed by atoms with Crippen molar-refractivity contribution in [3.8, 4) is 5.75 Å². The Labute approximate surface area is 158 Å². The molecule has 1 aliphatic rings. The maximum Gasteiger partial charge on any atom is 0.191 e. The number of hydrogen-bond acceptors (Lipinski definition) is 4. The van der Waals surface area contributed by atoms with Crippen LogP contribution in [0.3, 0.4) is 0 Å². The van der Waals surface area contributed by atoms with Gasteiger partial charge in [-0.15, -0.1) is 0 Å². The normalized spacial score (nSPS) is 17.2. The lowest BCUT2D eigenvalue weighted by Crippen LogP contribution is -2.52. The van der Waals surface area contributed by atoms with E-state index in [9.17, 15) is 0 Å². The first kappa shape index (κ1) is 20.5. The number of rotatable bonds is 8. The number of ether oxygens (including phenoxy) is 2. The highest BCUT2D eigenvalue weighted by atomic mass is 16.5. The van der Waals surface area contributed by atoms with E-state index in [1.807, 2.05) is 19.2 Å². The van der Waals surface area contributed by atoms with Crippen LogP contribution in [0.25, 0.3) is 0 Å². The lowest BCUT2D eigenvalue weighted by atomic mass is 10.0. The van der Waals surface area contributed by atoms with Gasteiger partial charge in [0.05, 0.1) is 20.3 Å². The molecule has 0 bridgehead atoms. The van der Waals surface area contributed by atoms with Crippen LogP contribution in [0, 0.1) is 5.92 Å². The molecule has 6 nitrogen and oxygen atoms in total. The average Bonchev–Trinajstić information content (AvgIpc) is 2.68. The first-order valence-corrected chi connectivity index (χ1v) is 9.53. The molecule has 1 aromatic carbocycles. The van der Waals surface area contributed by atoms with Gasteiger partial charge in [0.15, 0.2) is 5.96 Å². The smallest absolute Gasteiger partial charge is 0.191 e. The molecule has 0 aliphatic carbocycles. The zero-order valence-corrected chi connectivity index (χ0v) is 16.6. The molecular weight excluding hydrogens is 328 g/mol. The number of guanidine groups is 1. The molecule has 2 N–H and O–H groups in total. The van der Waals surface area contributed by atoms with Crippen LogP contribution >= 0.6 is 0 Å². The third-order valence-electron chi connectivity index (χ3n) is 4.85. The van der Waals surface area contributed by atoms with Gasteiger partial charge in [0.25, 0.3) is 0 Å². The molecular formula is C20H34N4O2. The summed E-state index contributed by atoms with van der Waals surface area (Å²) in [7, 11) is 3.51. The van der Waals surface area contributed by atoms with Crippen LogP contribution in [0.5, 0.6) is 5.75 Å². The Hall–Kier alpha value is -1.79. The van der Waals surface area contributed by atoms with Crippen LogP contribution in [0.2, 0.25) is 0 Å². The molecule has 0 amide bonds. The van der Waals surface area contributed by atoms with Crippen molar-refractivity contribution in [3.05, 3.63) is 29.8 Å². The summed E-state index contributed by atoms with van der Waals surface area (Å²) in [5.74, 6) is 2.33. The fraction of sp³-hybridized carbons (Fsp3) is 0.650. The van der Waals surface area contributed by atoms with Gasteiger partial charge < -0.3 is 20.1 Å². The Balaban J connectivity index is 1.76. The molecule has 1 heterocycles. The van der Waals surface area contributed by atoms with Crippen molar-refractivity contribution in [1.82, 2.24) is 15.5 Å². The van der Waals surface area contributed by atoms with Gasteiger partial charge in [-0.25, -0.2) is 0 Å². The van der Waals surface area contributed by atoms with E-state index >= 15 is 0 Å². The van der Waals surface area contributed by atoms with Crippen LogP contribution < -0.4 is 15.4 Å². The van der Waals surface area contributed by atoms with Crippen molar-refractivity contribution in [3.63, 3.8) is 0 Å². The van der Waals surface area contributed by atoms with E-state index in [-0.39, 0.29) is 0 Å². The molecule has 26 heavy (non-hydrogen) atoms. The second kappa shape index (κ2) is 11.0. The van der Waals surface area contributed by atoms with Crippen molar-refractivity contribution >= 4 is 5.96 Å². The van der Waals surface area contributed by atoms with Gasteiger partial charge in [0, 0.05) is 39.3 Å². The second-order valence-electron chi connectivity index (χ2n) is 6.94. The minimum atomic E-state index is 0.485. The summed E-state index contributed by atoms with van der Waals surface area (Å²) in [5, 5.41) is 6.90. The largest absolute Gasteiger partial charge is 0.497 e. The molecule has 0 radical (unpaired) electrons. The van der Waals surface area contributed by atoms with Gasteiger partial charge in [0.1, 0.15) is 5.75 Å². The number of benzene rings is 1.